The number of halogens is 5. The van der Waals surface area contributed by atoms with E-state index in [1.54, 1.807) is 0 Å². The molecule has 12 heteroatoms. The molecule has 12 heavy (non-hydrogen) atoms. The Balaban J connectivity index is -0.000000142. The van der Waals surface area contributed by atoms with Crippen molar-refractivity contribution < 1.29 is 59.8 Å². The second-order valence-electron chi connectivity index (χ2n) is 0.833. The molecule has 0 bridgehead atoms. The summed E-state index contributed by atoms with van der Waals surface area (Å²) >= 11 is 0. The van der Waals surface area contributed by atoms with Gasteiger partial charge in [0.2, 0.25) is 0 Å². The molecule has 0 saturated heterocycles. The molecule has 0 aliphatic carbocycles. The molecule has 0 saturated carbocycles. The molecule has 0 aliphatic heterocycles. The van der Waals surface area contributed by atoms with Gasteiger partial charge in [-0.3, -0.25) is 17.5 Å². The van der Waals surface area contributed by atoms with E-state index in [9.17, 15) is 31.5 Å². The summed E-state index contributed by atoms with van der Waals surface area (Å²) in [4.78, 5) is 9.20. The van der Waals surface area contributed by atoms with Gasteiger partial charge in [0.25, 0.3) is 0 Å². The summed E-state index contributed by atoms with van der Waals surface area (Å²) in [5.41, 5.74) is 0. The average Bonchev–Trinajstić information content (AvgIpc) is 1.87. The van der Waals surface area contributed by atoms with E-state index in [4.69, 9.17) is 0 Å². The zero-order chi connectivity index (χ0) is 9.49. The number of phosphoric acid groups is 1. The fourth-order valence-electron chi connectivity index (χ4n) is 0.0106. The van der Waals surface area contributed by atoms with Gasteiger partial charge in [-0.2, -0.15) is 0 Å². The van der Waals surface area contributed by atoms with Crippen LogP contribution in [0.15, 0.2) is 0 Å². The molecule has 0 aromatic heterocycles. The van der Waals surface area contributed by atoms with E-state index in [0.717, 1.165) is 0 Å². The standard InChI is InChI=1S/BF3.F2HO4P.Li/c2-1(3)4;1-5-7(3,4)6-2;/h;(H,3,4);/q;;+1/p-1. The summed E-state index contributed by atoms with van der Waals surface area (Å²) in [7, 11) is -8.90. The van der Waals surface area contributed by atoms with Crippen molar-refractivity contribution >= 4 is 15.4 Å². The Morgan fingerprint density at radius 2 is 1.33 bits per heavy atom. The molecule has 4 nitrogen and oxygen atoms in total. The van der Waals surface area contributed by atoms with Gasteiger partial charge in [-0.05, 0) is 9.05 Å². The van der Waals surface area contributed by atoms with Gasteiger partial charge in [-0.15, -0.1) is 9.46 Å². The predicted molar refractivity (Wildman–Crippen MR) is 21.1 cm³/mol. The van der Waals surface area contributed by atoms with Crippen LogP contribution in [0.4, 0.5) is 22.0 Å². The number of hydrogen-bond donors (Lipinski definition) is 0. The minimum absolute atomic E-state index is 0. The van der Waals surface area contributed by atoms with E-state index in [2.05, 4.69) is 0 Å². The fraction of sp³-hybridized carbons (Fsp3) is 0. The van der Waals surface area contributed by atoms with Crippen molar-refractivity contribution in [1.29, 1.82) is 0 Å². The molecule has 0 rings (SSSR count). The first-order valence-corrected chi connectivity index (χ1v) is 3.15. The third-order valence-corrected chi connectivity index (χ3v) is 0.507. The van der Waals surface area contributed by atoms with Crippen LogP contribution in [0.2, 0.25) is 0 Å². The van der Waals surface area contributed by atoms with Gasteiger partial charge in [0.15, 0.2) is 0 Å². The molecule has 0 aliphatic rings. The van der Waals surface area contributed by atoms with Crippen LogP contribution in [-0.4, -0.2) is 7.54 Å². The topological polar surface area (TPSA) is 58.6 Å². The summed E-state index contributed by atoms with van der Waals surface area (Å²) in [5.74, 6) is 0. The Morgan fingerprint density at radius 3 is 1.33 bits per heavy atom. The van der Waals surface area contributed by atoms with Crippen LogP contribution in [0.1, 0.15) is 0 Å². The third kappa shape index (κ3) is 22.4. The maximum Gasteiger partial charge on any atom is 1.00 e. The average molecular weight is 208 g/mol. The van der Waals surface area contributed by atoms with Crippen molar-refractivity contribution in [3.8, 4) is 0 Å². The smallest absolute Gasteiger partial charge is 0.752 e. The first-order chi connectivity index (χ1) is 4.85. The Kier molecular flexibility index (Phi) is 14.5. The summed E-state index contributed by atoms with van der Waals surface area (Å²) in [6.45, 7) is 0. The minimum Gasteiger partial charge on any atom is -0.752 e. The fourth-order valence-corrected chi connectivity index (χ4v) is 0.0319. The van der Waals surface area contributed by atoms with Crippen molar-refractivity contribution in [2.75, 3.05) is 0 Å². The first-order valence-electron chi connectivity index (χ1n) is 1.69. The van der Waals surface area contributed by atoms with Gasteiger partial charge in [-0.25, -0.2) is 0 Å². The van der Waals surface area contributed by atoms with E-state index < -0.39 is 15.4 Å². The zero-order valence-corrected chi connectivity index (χ0v) is 6.44. The third-order valence-electron chi connectivity index (χ3n) is 0.169. The van der Waals surface area contributed by atoms with E-state index in [-0.39, 0.29) is 18.9 Å². The maximum atomic E-state index is 10.3. The Labute approximate surface area is 75.8 Å². The van der Waals surface area contributed by atoms with Crippen molar-refractivity contribution in [2.24, 2.45) is 0 Å². The van der Waals surface area contributed by atoms with E-state index in [1.807, 2.05) is 9.46 Å². The first kappa shape index (κ1) is 18.3. The van der Waals surface area contributed by atoms with Gasteiger partial charge in [0.05, 0.1) is 0 Å². The molecule has 0 fully saturated rings. The van der Waals surface area contributed by atoms with Gasteiger partial charge in [0.1, 0.15) is 0 Å². The maximum absolute atomic E-state index is 10.3. The molecule has 0 atom stereocenters. The molecule has 0 heterocycles. The zero-order valence-electron chi connectivity index (χ0n) is 5.55. The van der Waals surface area contributed by atoms with Crippen molar-refractivity contribution in [3.63, 3.8) is 0 Å². The van der Waals surface area contributed by atoms with Crippen LogP contribution >= 0.6 is 7.82 Å². The quantitative estimate of drug-likeness (QED) is 0.303. The van der Waals surface area contributed by atoms with E-state index in [0.29, 0.717) is 0 Å². The molecule has 0 amide bonds. The molecule has 0 radical (unpaired) electrons. The SMILES string of the molecule is FB(F)F.O=P([O-])(OF)OF.[Li+]. The number of hydrogen-bond acceptors (Lipinski definition) is 4. The summed E-state index contributed by atoms with van der Waals surface area (Å²) in [6, 6.07) is 0. The predicted octanol–water partition coefficient (Wildman–Crippen LogP) is -1.86. The molecule has 0 aromatic rings. The van der Waals surface area contributed by atoms with Crippen LogP contribution in [-0.2, 0) is 14.0 Å². The van der Waals surface area contributed by atoms with E-state index in [1.165, 1.54) is 0 Å². The van der Waals surface area contributed by atoms with Crippen molar-refractivity contribution in [2.45, 2.75) is 0 Å². The molecule has 0 N–H and O–H groups in total. The molecule has 0 aromatic carbocycles. The van der Waals surface area contributed by atoms with Gasteiger partial charge in [0, 0.05) is 0 Å². The summed E-state index contributed by atoms with van der Waals surface area (Å²) in [5, 5.41) is 0. The van der Waals surface area contributed by atoms with Crippen LogP contribution < -0.4 is 23.8 Å². The molecule has 68 valence electrons. The Morgan fingerprint density at radius 1 is 1.17 bits per heavy atom. The second kappa shape index (κ2) is 9.51. The number of rotatable bonds is 2. The normalized spacial score (nSPS) is 9.17. The minimum atomic E-state index is -5.24. The summed E-state index contributed by atoms with van der Waals surface area (Å²) < 4.78 is 62.8. The van der Waals surface area contributed by atoms with Crippen molar-refractivity contribution in [1.82, 2.24) is 0 Å². The largest absolute Gasteiger partial charge is 1.00 e. The van der Waals surface area contributed by atoms with Gasteiger partial charge >= 0.3 is 34.2 Å². The second-order valence-corrected chi connectivity index (χ2v) is 2.00. The monoisotopic (exact) mass is 208 g/mol. The van der Waals surface area contributed by atoms with Gasteiger partial charge < -0.3 is 4.89 Å². The molecular weight excluding hydrogens is 208 g/mol. The molecule has 0 unspecified atom stereocenters. The van der Waals surface area contributed by atoms with E-state index >= 15 is 0 Å². The van der Waals surface area contributed by atoms with Crippen molar-refractivity contribution in [3.05, 3.63) is 0 Å². The Hall–Kier alpha value is 0.422. The van der Waals surface area contributed by atoms with Gasteiger partial charge in [-0.1, -0.05) is 0 Å². The van der Waals surface area contributed by atoms with Crippen LogP contribution in [0.25, 0.3) is 0 Å². The van der Waals surface area contributed by atoms with Crippen LogP contribution in [0.5, 0.6) is 0 Å². The summed E-state index contributed by atoms with van der Waals surface area (Å²) in [6.07, 6.45) is 0. The Bertz CT molecular complexity index is 122. The van der Waals surface area contributed by atoms with Crippen LogP contribution in [0, 0.1) is 0 Å². The van der Waals surface area contributed by atoms with Crippen LogP contribution in [0.3, 0.4) is 0 Å². The molecular formula is BF5LiO4P. The molecule has 0 spiro atoms.